The monoisotopic (exact) mass is 216 g/mol. The molecular weight excluding hydrogens is 200 g/mol. The van der Waals surface area contributed by atoms with Gasteiger partial charge in [0.2, 0.25) is 0 Å². The summed E-state index contributed by atoms with van der Waals surface area (Å²) < 4.78 is 1.90. The summed E-state index contributed by atoms with van der Waals surface area (Å²) in [6.45, 7) is 0. The molecule has 1 saturated carbocycles. The number of hydrogen-bond acceptors (Lipinski definition) is 3. The summed E-state index contributed by atoms with van der Waals surface area (Å²) in [7, 11) is 0. The molecule has 2 aromatic heterocycles. The second-order valence-corrected chi connectivity index (χ2v) is 4.47. The minimum Gasteiger partial charge on any atom is -0.271 e. The summed E-state index contributed by atoms with van der Waals surface area (Å²) in [6, 6.07) is 6.35. The maximum Gasteiger partial charge on any atom is 0.0710 e. The van der Waals surface area contributed by atoms with Gasteiger partial charge in [0.05, 0.1) is 17.8 Å². The van der Waals surface area contributed by atoms with Gasteiger partial charge in [-0.2, -0.15) is 5.10 Å². The van der Waals surface area contributed by atoms with Crippen molar-refractivity contribution in [1.29, 1.82) is 0 Å². The van der Waals surface area contributed by atoms with Crippen LogP contribution in [-0.4, -0.2) is 9.61 Å². The van der Waals surface area contributed by atoms with Gasteiger partial charge in [-0.15, -0.1) is 0 Å². The van der Waals surface area contributed by atoms with Crippen molar-refractivity contribution in [2.45, 2.75) is 25.3 Å². The van der Waals surface area contributed by atoms with Crippen molar-refractivity contribution < 1.29 is 0 Å². The molecule has 4 heteroatoms. The van der Waals surface area contributed by atoms with E-state index in [2.05, 4.69) is 16.6 Å². The number of hydrazine groups is 1. The molecule has 84 valence electrons. The van der Waals surface area contributed by atoms with Gasteiger partial charge in [-0.25, -0.2) is 4.52 Å². The maximum absolute atomic E-state index is 5.68. The third-order valence-electron chi connectivity index (χ3n) is 3.59. The lowest BCUT2D eigenvalue weighted by Gasteiger charge is -2.32. The fourth-order valence-electron chi connectivity index (χ4n) is 2.45. The van der Waals surface area contributed by atoms with Crippen molar-refractivity contribution in [2.24, 2.45) is 11.8 Å². The lowest BCUT2D eigenvalue weighted by molar-refractivity contribution is 0.233. The molecule has 1 aliphatic carbocycles. The molecule has 0 radical (unpaired) electrons. The normalized spacial score (nSPS) is 18.6. The zero-order chi connectivity index (χ0) is 11.0. The van der Waals surface area contributed by atoms with Gasteiger partial charge in [-0.3, -0.25) is 11.3 Å². The van der Waals surface area contributed by atoms with E-state index >= 15 is 0 Å². The minimum absolute atomic E-state index is 0.244. The Kier molecular flexibility index (Phi) is 2.38. The number of fused-ring (bicyclic) bond motifs is 1. The number of aromatic nitrogens is 2. The Balaban J connectivity index is 2.02. The van der Waals surface area contributed by atoms with Crippen LogP contribution < -0.4 is 11.3 Å². The van der Waals surface area contributed by atoms with E-state index in [1.54, 1.807) is 0 Å². The predicted molar refractivity (Wildman–Crippen MR) is 62.6 cm³/mol. The number of nitrogens with zero attached hydrogens (tertiary/aromatic N) is 2. The topological polar surface area (TPSA) is 55.3 Å². The Bertz CT molecular complexity index is 486. The average Bonchev–Trinajstić information content (AvgIpc) is 2.67. The van der Waals surface area contributed by atoms with Crippen molar-refractivity contribution >= 4 is 5.52 Å². The van der Waals surface area contributed by atoms with Crippen molar-refractivity contribution in [2.75, 3.05) is 0 Å². The molecule has 1 atom stereocenters. The fraction of sp³-hybridized carbons (Fsp3) is 0.417. The van der Waals surface area contributed by atoms with Gasteiger partial charge in [0.1, 0.15) is 0 Å². The summed E-state index contributed by atoms with van der Waals surface area (Å²) in [5.41, 5.74) is 5.31. The zero-order valence-corrected chi connectivity index (χ0v) is 9.13. The largest absolute Gasteiger partial charge is 0.271 e. The van der Waals surface area contributed by atoms with Crippen LogP contribution in [0.4, 0.5) is 0 Å². The van der Waals surface area contributed by atoms with Crippen LogP contribution in [0, 0.1) is 5.92 Å². The molecular formula is C12H16N4. The molecule has 1 unspecified atom stereocenters. The van der Waals surface area contributed by atoms with Crippen molar-refractivity contribution in [3.63, 3.8) is 0 Å². The Morgan fingerprint density at radius 2 is 2.31 bits per heavy atom. The Morgan fingerprint density at radius 1 is 1.44 bits per heavy atom. The van der Waals surface area contributed by atoms with E-state index in [0.717, 1.165) is 5.52 Å². The molecule has 16 heavy (non-hydrogen) atoms. The van der Waals surface area contributed by atoms with Crippen LogP contribution >= 0.6 is 0 Å². The van der Waals surface area contributed by atoms with Gasteiger partial charge >= 0.3 is 0 Å². The average molecular weight is 216 g/mol. The van der Waals surface area contributed by atoms with Crippen LogP contribution in [0.3, 0.4) is 0 Å². The first-order valence-electron chi connectivity index (χ1n) is 5.78. The van der Waals surface area contributed by atoms with Crippen molar-refractivity contribution in [3.05, 3.63) is 36.2 Å². The van der Waals surface area contributed by atoms with Crippen LogP contribution in [-0.2, 0) is 0 Å². The fourth-order valence-corrected chi connectivity index (χ4v) is 2.45. The van der Waals surface area contributed by atoms with E-state index in [1.807, 2.05) is 29.0 Å². The highest BCUT2D eigenvalue weighted by molar-refractivity contribution is 5.55. The van der Waals surface area contributed by atoms with E-state index in [-0.39, 0.29) is 6.04 Å². The van der Waals surface area contributed by atoms with Crippen LogP contribution in [0.25, 0.3) is 5.52 Å². The zero-order valence-electron chi connectivity index (χ0n) is 9.13. The van der Waals surface area contributed by atoms with Crippen LogP contribution in [0.1, 0.15) is 30.9 Å². The van der Waals surface area contributed by atoms with Crippen LogP contribution in [0.5, 0.6) is 0 Å². The molecule has 1 fully saturated rings. The lowest BCUT2D eigenvalue weighted by atomic mass is 9.77. The van der Waals surface area contributed by atoms with Crippen molar-refractivity contribution in [1.82, 2.24) is 15.0 Å². The van der Waals surface area contributed by atoms with Gasteiger partial charge in [0.25, 0.3) is 0 Å². The molecule has 1 aliphatic rings. The first kappa shape index (κ1) is 9.81. The second kappa shape index (κ2) is 3.88. The third-order valence-corrected chi connectivity index (χ3v) is 3.59. The number of rotatable bonds is 3. The number of pyridine rings is 1. The number of nitrogens with two attached hydrogens (primary N) is 1. The Morgan fingerprint density at radius 3 is 3.00 bits per heavy atom. The summed E-state index contributed by atoms with van der Waals surface area (Å²) in [4.78, 5) is 0. The molecule has 0 aliphatic heterocycles. The van der Waals surface area contributed by atoms with E-state index in [4.69, 9.17) is 5.84 Å². The minimum atomic E-state index is 0.244. The molecule has 3 N–H and O–H groups in total. The Labute approximate surface area is 94.4 Å². The summed E-state index contributed by atoms with van der Waals surface area (Å²) in [6.07, 6.45) is 7.74. The predicted octanol–water partition coefficient (Wildman–Crippen LogP) is 1.64. The van der Waals surface area contributed by atoms with Crippen LogP contribution in [0.15, 0.2) is 30.6 Å². The SMILES string of the molecule is NNC(c1cnn2ccccc12)C1CCC1. The van der Waals surface area contributed by atoms with Crippen molar-refractivity contribution in [3.8, 4) is 0 Å². The standard InChI is InChI=1S/C12H16N4/c13-15-12(9-4-3-5-9)10-8-14-16-7-2-1-6-11(10)16/h1-2,6-9,12,15H,3-5,13H2. The molecule has 0 aromatic carbocycles. The van der Waals surface area contributed by atoms with E-state index < -0.39 is 0 Å². The molecule has 4 nitrogen and oxygen atoms in total. The summed E-state index contributed by atoms with van der Waals surface area (Å²) in [5, 5.41) is 4.35. The third kappa shape index (κ3) is 1.42. The van der Waals surface area contributed by atoms with Crippen LogP contribution in [0.2, 0.25) is 0 Å². The van der Waals surface area contributed by atoms with E-state index in [1.165, 1.54) is 24.8 Å². The molecule has 0 bridgehead atoms. The molecule has 2 heterocycles. The van der Waals surface area contributed by atoms with Gasteiger partial charge < -0.3 is 0 Å². The first-order chi connectivity index (χ1) is 7.90. The maximum atomic E-state index is 5.68. The van der Waals surface area contributed by atoms with Gasteiger partial charge in [0.15, 0.2) is 0 Å². The molecule has 0 saturated heterocycles. The number of nitrogens with one attached hydrogen (secondary N) is 1. The highest BCUT2D eigenvalue weighted by Gasteiger charge is 2.29. The van der Waals surface area contributed by atoms with Gasteiger partial charge in [-0.1, -0.05) is 12.5 Å². The molecule has 2 aromatic rings. The highest BCUT2D eigenvalue weighted by Crippen LogP contribution is 2.38. The van der Waals surface area contributed by atoms with E-state index in [0.29, 0.717) is 5.92 Å². The first-order valence-corrected chi connectivity index (χ1v) is 5.78. The smallest absolute Gasteiger partial charge is 0.0710 e. The summed E-state index contributed by atoms with van der Waals surface area (Å²) in [5.74, 6) is 6.34. The quantitative estimate of drug-likeness (QED) is 0.605. The molecule has 0 amide bonds. The lowest BCUT2D eigenvalue weighted by Crippen LogP contribution is -2.36. The van der Waals surface area contributed by atoms with Gasteiger partial charge in [0, 0.05) is 11.8 Å². The molecule has 3 rings (SSSR count). The molecule has 0 spiro atoms. The van der Waals surface area contributed by atoms with E-state index in [9.17, 15) is 0 Å². The second-order valence-electron chi connectivity index (χ2n) is 4.47. The Hall–Kier alpha value is -1.39. The van der Waals surface area contributed by atoms with Gasteiger partial charge in [-0.05, 0) is 30.9 Å². The number of hydrogen-bond donors (Lipinski definition) is 2. The highest BCUT2D eigenvalue weighted by atomic mass is 15.3. The summed E-state index contributed by atoms with van der Waals surface area (Å²) >= 11 is 0.